The molecule has 1 atom stereocenters. The number of nitrogens with one attached hydrogen (secondary N) is 1. The predicted octanol–water partition coefficient (Wildman–Crippen LogP) is 2.59. The highest BCUT2D eigenvalue weighted by molar-refractivity contribution is 7.13. The van der Waals surface area contributed by atoms with Gasteiger partial charge in [-0.1, -0.05) is 18.2 Å². The summed E-state index contributed by atoms with van der Waals surface area (Å²) in [4.78, 5) is 5.48. The molecule has 5 nitrogen and oxygen atoms in total. The fourth-order valence-corrected chi connectivity index (χ4v) is 2.58. The Morgan fingerprint density at radius 3 is 2.95 bits per heavy atom. The lowest BCUT2D eigenvalue weighted by Crippen LogP contribution is -2.13. The average molecular weight is 286 g/mol. The van der Waals surface area contributed by atoms with E-state index in [0.717, 1.165) is 16.2 Å². The summed E-state index contributed by atoms with van der Waals surface area (Å²) in [5.41, 5.74) is 7.15. The van der Waals surface area contributed by atoms with Gasteiger partial charge in [-0.3, -0.25) is 5.10 Å². The Balaban J connectivity index is 1.88. The van der Waals surface area contributed by atoms with E-state index < -0.39 is 0 Å². The molecule has 0 saturated heterocycles. The van der Waals surface area contributed by atoms with E-state index in [0.29, 0.717) is 11.6 Å². The second-order valence-electron chi connectivity index (χ2n) is 4.28. The van der Waals surface area contributed by atoms with Gasteiger partial charge in [0.1, 0.15) is 11.6 Å². The fraction of sp³-hybridized carbons (Fsp3) is 0.143. The van der Waals surface area contributed by atoms with E-state index in [1.165, 1.54) is 0 Å². The molecule has 3 rings (SSSR count). The SMILES string of the molecule is COc1cccc([C@@H](N)c2nc(-c3cccs3)n[nH]2)c1. The third-order valence-electron chi connectivity index (χ3n) is 2.99. The molecule has 0 aliphatic heterocycles. The standard InChI is InChI=1S/C14H14N4OS/c1-19-10-5-2-4-9(8-10)12(15)14-16-13(17-18-14)11-6-3-7-20-11/h2-8,12H,15H2,1H3,(H,16,17,18)/t12-/m1/s1. The van der Waals surface area contributed by atoms with Crippen LogP contribution in [0.4, 0.5) is 0 Å². The van der Waals surface area contributed by atoms with Gasteiger partial charge in [0.2, 0.25) is 0 Å². The van der Waals surface area contributed by atoms with Gasteiger partial charge in [0.05, 0.1) is 18.0 Å². The summed E-state index contributed by atoms with van der Waals surface area (Å²) in [7, 11) is 1.63. The van der Waals surface area contributed by atoms with Crippen molar-refractivity contribution < 1.29 is 4.74 Å². The van der Waals surface area contributed by atoms with Crippen LogP contribution in [-0.4, -0.2) is 22.3 Å². The summed E-state index contributed by atoms with van der Waals surface area (Å²) in [6.07, 6.45) is 0. The first-order chi connectivity index (χ1) is 9.78. The minimum absolute atomic E-state index is 0.355. The molecule has 0 radical (unpaired) electrons. The van der Waals surface area contributed by atoms with E-state index in [1.54, 1.807) is 18.4 Å². The Kier molecular flexibility index (Phi) is 3.49. The van der Waals surface area contributed by atoms with Gasteiger partial charge < -0.3 is 10.5 Å². The molecular formula is C14H14N4OS. The summed E-state index contributed by atoms with van der Waals surface area (Å²) < 4.78 is 5.20. The molecule has 6 heteroatoms. The molecule has 0 amide bonds. The number of hydrogen-bond acceptors (Lipinski definition) is 5. The molecule has 0 unspecified atom stereocenters. The van der Waals surface area contributed by atoms with Crippen LogP contribution < -0.4 is 10.5 Å². The lowest BCUT2D eigenvalue weighted by atomic mass is 10.1. The summed E-state index contributed by atoms with van der Waals surface area (Å²) in [6.45, 7) is 0. The molecular weight excluding hydrogens is 272 g/mol. The van der Waals surface area contributed by atoms with Crippen molar-refractivity contribution in [3.8, 4) is 16.5 Å². The molecule has 0 saturated carbocycles. The summed E-state index contributed by atoms with van der Waals surface area (Å²) in [5.74, 6) is 2.09. The van der Waals surface area contributed by atoms with E-state index in [9.17, 15) is 0 Å². The number of rotatable bonds is 4. The van der Waals surface area contributed by atoms with Gasteiger partial charge in [0, 0.05) is 0 Å². The molecule has 0 aliphatic rings. The zero-order valence-electron chi connectivity index (χ0n) is 10.9. The number of benzene rings is 1. The Bertz CT molecular complexity index is 693. The van der Waals surface area contributed by atoms with Crippen molar-refractivity contribution >= 4 is 11.3 Å². The molecule has 0 fully saturated rings. The van der Waals surface area contributed by atoms with Crippen molar-refractivity contribution in [1.82, 2.24) is 15.2 Å². The highest BCUT2D eigenvalue weighted by atomic mass is 32.1. The molecule has 0 aliphatic carbocycles. The third-order valence-corrected chi connectivity index (χ3v) is 3.86. The van der Waals surface area contributed by atoms with Crippen molar-refractivity contribution in [3.63, 3.8) is 0 Å². The number of methoxy groups -OCH3 is 1. The van der Waals surface area contributed by atoms with Crippen LogP contribution in [0.2, 0.25) is 0 Å². The molecule has 0 bridgehead atoms. The third kappa shape index (κ3) is 2.43. The number of hydrogen-bond donors (Lipinski definition) is 2. The number of aromatic amines is 1. The summed E-state index contributed by atoms with van der Waals surface area (Å²) in [5, 5.41) is 9.11. The second kappa shape index (κ2) is 5.44. The van der Waals surface area contributed by atoms with Gasteiger partial charge >= 0.3 is 0 Å². The Morgan fingerprint density at radius 2 is 2.20 bits per heavy atom. The predicted molar refractivity (Wildman–Crippen MR) is 78.7 cm³/mol. The van der Waals surface area contributed by atoms with Crippen LogP contribution in [0, 0.1) is 0 Å². The lowest BCUT2D eigenvalue weighted by Gasteiger charge is -2.09. The van der Waals surface area contributed by atoms with Gasteiger partial charge in [0.25, 0.3) is 0 Å². The van der Waals surface area contributed by atoms with Crippen molar-refractivity contribution in [2.45, 2.75) is 6.04 Å². The van der Waals surface area contributed by atoms with Gasteiger partial charge in [-0.05, 0) is 29.1 Å². The van der Waals surface area contributed by atoms with Gasteiger partial charge in [0.15, 0.2) is 5.82 Å². The number of H-pyrrole nitrogens is 1. The number of ether oxygens (including phenoxy) is 1. The van der Waals surface area contributed by atoms with Crippen molar-refractivity contribution in [3.05, 3.63) is 53.2 Å². The van der Waals surface area contributed by atoms with Gasteiger partial charge in [-0.2, -0.15) is 5.10 Å². The van der Waals surface area contributed by atoms with Crippen LogP contribution in [0.5, 0.6) is 5.75 Å². The lowest BCUT2D eigenvalue weighted by molar-refractivity contribution is 0.414. The summed E-state index contributed by atoms with van der Waals surface area (Å²) >= 11 is 1.60. The minimum Gasteiger partial charge on any atom is -0.497 e. The van der Waals surface area contributed by atoms with Crippen LogP contribution in [-0.2, 0) is 0 Å². The van der Waals surface area contributed by atoms with Gasteiger partial charge in [-0.15, -0.1) is 11.3 Å². The van der Waals surface area contributed by atoms with Crippen molar-refractivity contribution in [2.24, 2.45) is 5.73 Å². The Hall–Kier alpha value is -2.18. The zero-order valence-corrected chi connectivity index (χ0v) is 11.7. The Morgan fingerprint density at radius 1 is 1.30 bits per heavy atom. The highest BCUT2D eigenvalue weighted by Crippen LogP contribution is 2.24. The molecule has 1 aromatic carbocycles. The number of nitrogens with two attached hydrogens (primary N) is 1. The number of thiophene rings is 1. The van der Waals surface area contributed by atoms with E-state index >= 15 is 0 Å². The van der Waals surface area contributed by atoms with E-state index in [2.05, 4.69) is 15.2 Å². The molecule has 0 spiro atoms. The summed E-state index contributed by atoms with van der Waals surface area (Å²) in [6, 6.07) is 11.2. The molecule has 102 valence electrons. The maximum absolute atomic E-state index is 6.22. The van der Waals surface area contributed by atoms with E-state index in [1.807, 2.05) is 41.8 Å². The molecule has 3 aromatic rings. The first kappa shape index (κ1) is 12.8. The number of nitrogens with zero attached hydrogens (tertiary/aromatic N) is 2. The monoisotopic (exact) mass is 286 g/mol. The highest BCUT2D eigenvalue weighted by Gasteiger charge is 2.15. The van der Waals surface area contributed by atoms with Crippen LogP contribution >= 0.6 is 11.3 Å². The molecule has 2 heterocycles. The average Bonchev–Trinajstić information content (AvgIpc) is 3.17. The van der Waals surface area contributed by atoms with Crippen LogP contribution in [0.25, 0.3) is 10.7 Å². The maximum atomic E-state index is 6.22. The van der Waals surface area contributed by atoms with Crippen molar-refractivity contribution in [1.29, 1.82) is 0 Å². The molecule has 3 N–H and O–H groups in total. The first-order valence-corrected chi connectivity index (χ1v) is 7.01. The maximum Gasteiger partial charge on any atom is 0.191 e. The van der Waals surface area contributed by atoms with Crippen molar-refractivity contribution in [2.75, 3.05) is 7.11 Å². The molecule has 2 aromatic heterocycles. The first-order valence-electron chi connectivity index (χ1n) is 6.13. The zero-order chi connectivity index (χ0) is 13.9. The van der Waals surface area contributed by atoms with Gasteiger partial charge in [-0.25, -0.2) is 4.98 Å². The smallest absolute Gasteiger partial charge is 0.191 e. The molecule has 20 heavy (non-hydrogen) atoms. The minimum atomic E-state index is -0.355. The second-order valence-corrected chi connectivity index (χ2v) is 5.22. The fourth-order valence-electron chi connectivity index (χ4n) is 1.92. The largest absolute Gasteiger partial charge is 0.497 e. The topological polar surface area (TPSA) is 76.8 Å². The Labute approximate surface area is 120 Å². The van der Waals surface area contributed by atoms with Crippen LogP contribution in [0.1, 0.15) is 17.4 Å². The van der Waals surface area contributed by atoms with E-state index in [4.69, 9.17) is 10.5 Å². The van der Waals surface area contributed by atoms with Crippen LogP contribution in [0.15, 0.2) is 41.8 Å². The normalized spacial score (nSPS) is 12.3. The number of aromatic nitrogens is 3. The quantitative estimate of drug-likeness (QED) is 0.773. The van der Waals surface area contributed by atoms with E-state index in [-0.39, 0.29) is 6.04 Å². The van der Waals surface area contributed by atoms with Crippen LogP contribution in [0.3, 0.4) is 0 Å².